The largest absolute Gasteiger partial charge is 0.324 e. The zero-order valence-corrected chi connectivity index (χ0v) is 14.0. The van der Waals surface area contributed by atoms with E-state index < -0.39 is 0 Å². The van der Waals surface area contributed by atoms with E-state index in [-0.39, 0.29) is 5.82 Å². The normalized spacial score (nSPS) is 16.0. The third-order valence-corrected chi connectivity index (χ3v) is 4.84. The molecule has 2 aliphatic heterocycles. The molecule has 0 atom stereocenters. The summed E-state index contributed by atoms with van der Waals surface area (Å²) in [6.07, 6.45) is 3.70. The molecule has 0 saturated heterocycles. The van der Waals surface area contributed by atoms with Crippen LogP contribution in [0.4, 0.5) is 10.1 Å². The number of hydrogen-bond donors (Lipinski definition) is 0. The van der Waals surface area contributed by atoms with Crippen LogP contribution in [0.5, 0.6) is 0 Å². The van der Waals surface area contributed by atoms with Gasteiger partial charge in [-0.15, -0.1) is 0 Å². The quantitative estimate of drug-likeness (QED) is 0.724. The first-order chi connectivity index (χ1) is 11.7. The second-order valence-corrected chi connectivity index (χ2v) is 6.23. The van der Waals surface area contributed by atoms with Gasteiger partial charge in [0, 0.05) is 23.9 Å². The number of fused-ring (bicyclic) bond motifs is 3. The van der Waals surface area contributed by atoms with Crippen LogP contribution >= 0.6 is 23.2 Å². The van der Waals surface area contributed by atoms with Crippen molar-refractivity contribution in [2.24, 2.45) is 9.98 Å². The molecule has 2 aromatic rings. The van der Waals surface area contributed by atoms with Gasteiger partial charge in [-0.1, -0.05) is 35.3 Å². The number of anilines is 1. The molecular weight excluding hydrogens is 348 g/mol. The Kier molecular flexibility index (Phi) is 3.87. The van der Waals surface area contributed by atoms with Gasteiger partial charge in [-0.2, -0.15) is 0 Å². The van der Waals surface area contributed by atoms with Gasteiger partial charge in [0.05, 0.1) is 28.0 Å². The van der Waals surface area contributed by atoms with Crippen molar-refractivity contribution in [1.82, 2.24) is 0 Å². The SMILES string of the molecule is Fc1ccccc1C1=NCC2=NC=CCN2c2ccc(Cl)c(Cl)c21. The molecule has 3 nitrogen and oxygen atoms in total. The summed E-state index contributed by atoms with van der Waals surface area (Å²) in [7, 11) is 0. The Bertz CT molecular complexity index is 918. The van der Waals surface area contributed by atoms with E-state index >= 15 is 0 Å². The predicted molar refractivity (Wildman–Crippen MR) is 97.3 cm³/mol. The zero-order chi connectivity index (χ0) is 16.7. The number of halogens is 3. The summed E-state index contributed by atoms with van der Waals surface area (Å²) in [5.74, 6) is 0.446. The predicted octanol–water partition coefficient (Wildman–Crippen LogP) is 4.72. The van der Waals surface area contributed by atoms with Gasteiger partial charge in [-0.05, 0) is 30.3 Å². The molecule has 4 rings (SSSR count). The number of hydrogen-bond acceptors (Lipinski definition) is 3. The van der Waals surface area contributed by atoms with Crippen molar-refractivity contribution in [1.29, 1.82) is 0 Å². The average molecular weight is 360 g/mol. The fraction of sp³-hybridized carbons (Fsp3) is 0.111. The smallest absolute Gasteiger partial charge is 0.132 e. The van der Waals surface area contributed by atoms with Crippen molar-refractivity contribution in [3.05, 3.63) is 75.7 Å². The van der Waals surface area contributed by atoms with Crippen molar-refractivity contribution < 1.29 is 4.39 Å². The van der Waals surface area contributed by atoms with E-state index in [1.54, 1.807) is 30.5 Å². The Morgan fingerprint density at radius 2 is 1.92 bits per heavy atom. The molecule has 0 radical (unpaired) electrons. The standard InChI is InChI=1S/C18H12Cl2FN3/c19-12-6-7-14-16(17(12)20)18(11-4-1-2-5-13(11)21)23-10-15-22-8-3-9-24(14)15/h1-8H,9-10H2. The van der Waals surface area contributed by atoms with Crippen LogP contribution in [0.3, 0.4) is 0 Å². The maximum Gasteiger partial charge on any atom is 0.132 e. The highest BCUT2D eigenvalue weighted by molar-refractivity contribution is 6.45. The Morgan fingerprint density at radius 1 is 1.08 bits per heavy atom. The fourth-order valence-electron chi connectivity index (χ4n) is 2.92. The van der Waals surface area contributed by atoms with E-state index in [2.05, 4.69) is 9.98 Å². The first-order valence-corrected chi connectivity index (χ1v) is 8.19. The second-order valence-electron chi connectivity index (χ2n) is 5.44. The van der Waals surface area contributed by atoms with Crippen molar-refractivity contribution >= 4 is 40.4 Å². The number of benzene rings is 2. The van der Waals surface area contributed by atoms with Gasteiger partial charge in [-0.25, -0.2) is 9.38 Å². The van der Waals surface area contributed by atoms with Gasteiger partial charge in [0.15, 0.2) is 0 Å². The summed E-state index contributed by atoms with van der Waals surface area (Å²) in [4.78, 5) is 11.0. The van der Waals surface area contributed by atoms with Crippen molar-refractivity contribution in [3.8, 4) is 0 Å². The van der Waals surface area contributed by atoms with Crippen molar-refractivity contribution in [2.45, 2.75) is 0 Å². The maximum absolute atomic E-state index is 14.4. The fourth-order valence-corrected chi connectivity index (χ4v) is 3.33. The lowest BCUT2D eigenvalue weighted by atomic mass is 9.99. The lowest BCUT2D eigenvalue weighted by Gasteiger charge is -2.27. The van der Waals surface area contributed by atoms with Crippen LogP contribution in [0.25, 0.3) is 0 Å². The molecule has 120 valence electrons. The van der Waals surface area contributed by atoms with E-state index in [1.165, 1.54) is 6.07 Å². The third kappa shape index (κ3) is 2.43. The van der Waals surface area contributed by atoms with Gasteiger partial charge >= 0.3 is 0 Å². The number of nitrogens with zero attached hydrogens (tertiary/aromatic N) is 3. The number of aliphatic imine (C=N–C) groups is 2. The lowest BCUT2D eigenvalue weighted by molar-refractivity contribution is 0.625. The molecule has 0 N–H and O–H groups in total. The Morgan fingerprint density at radius 3 is 2.75 bits per heavy atom. The van der Waals surface area contributed by atoms with E-state index in [0.29, 0.717) is 40.0 Å². The molecule has 0 aromatic heterocycles. The molecule has 0 unspecified atom stereocenters. The lowest BCUT2D eigenvalue weighted by Crippen LogP contribution is -2.34. The molecule has 24 heavy (non-hydrogen) atoms. The zero-order valence-electron chi connectivity index (χ0n) is 12.5. The highest BCUT2D eigenvalue weighted by Gasteiger charge is 2.28. The van der Waals surface area contributed by atoms with Gasteiger partial charge in [0.25, 0.3) is 0 Å². The Labute approximate surface area is 148 Å². The number of rotatable bonds is 1. The highest BCUT2D eigenvalue weighted by Crippen LogP contribution is 2.37. The van der Waals surface area contributed by atoms with Crippen LogP contribution in [0.2, 0.25) is 10.0 Å². The summed E-state index contributed by atoms with van der Waals surface area (Å²) in [6, 6.07) is 10.1. The highest BCUT2D eigenvalue weighted by atomic mass is 35.5. The monoisotopic (exact) mass is 359 g/mol. The van der Waals surface area contributed by atoms with Crippen molar-refractivity contribution in [2.75, 3.05) is 18.0 Å². The second kappa shape index (κ2) is 6.04. The van der Waals surface area contributed by atoms with E-state index in [0.717, 1.165) is 11.5 Å². The van der Waals surface area contributed by atoms with Gasteiger partial charge in [0.1, 0.15) is 11.7 Å². The summed E-state index contributed by atoms with van der Waals surface area (Å²) in [5.41, 5.74) is 2.35. The molecule has 2 heterocycles. The molecule has 2 aromatic carbocycles. The van der Waals surface area contributed by atoms with Gasteiger partial charge in [-0.3, -0.25) is 4.99 Å². The van der Waals surface area contributed by atoms with Crippen LogP contribution in [0, 0.1) is 5.82 Å². The minimum absolute atomic E-state index is 0.344. The van der Waals surface area contributed by atoms with Crippen LogP contribution in [0.1, 0.15) is 11.1 Å². The Hall–Kier alpha value is -2.17. The molecule has 0 saturated carbocycles. The molecule has 0 aliphatic carbocycles. The van der Waals surface area contributed by atoms with E-state index in [1.807, 2.05) is 17.0 Å². The minimum Gasteiger partial charge on any atom is -0.324 e. The van der Waals surface area contributed by atoms with E-state index in [4.69, 9.17) is 23.2 Å². The third-order valence-electron chi connectivity index (χ3n) is 4.04. The van der Waals surface area contributed by atoms with E-state index in [9.17, 15) is 4.39 Å². The van der Waals surface area contributed by atoms with Crippen LogP contribution < -0.4 is 4.90 Å². The molecule has 0 fully saturated rings. The summed E-state index contributed by atoms with van der Waals surface area (Å²) in [6.45, 7) is 1.00. The van der Waals surface area contributed by atoms with Gasteiger partial charge in [0.2, 0.25) is 0 Å². The topological polar surface area (TPSA) is 28.0 Å². The maximum atomic E-state index is 14.4. The summed E-state index contributed by atoms with van der Waals surface area (Å²) < 4.78 is 14.4. The summed E-state index contributed by atoms with van der Waals surface area (Å²) >= 11 is 12.7. The average Bonchev–Trinajstić information content (AvgIpc) is 2.76. The molecular formula is C18H12Cl2FN3. The molecule has 6 heteroatoms. The van der Waals surface area contributed by atoms with Crippen LogP contribution in [-0.2, 0) is 0 Å². The molecule has 2 aliphatic rings. The first-order valence-electron chi connectivity index (χ1n) is 7.44. The molecule has 0 spiro atoms. The van der Waals surface area contributed by atoms with Crippen LogP contribution in [0.15, 0.2) is 58.7 Å². The molecule has 0 amide bonds. The minimum atomic E-state index is -0.349. The number of amidine groups is 1. The van der Waals surface area contributed by atoms with Crippen LogP contribution in [-0.4, -0.2) is 24.6 Å². The van der Waals surface area contributed by atoms with Crippen molar-refractivity contribution in [3.63, 3.8) is 0 Å². The first kappa shape index (κ1) is 15.4. The Balaban J connectivity index is 2.01. The molecule has 0 bridgehead atoms. The van der Waals surface area contributed by atoms with Gasteiger partial charge < -0.3 is 4.90 Å². The summed E-state index contributed by atoms with van der Waals surface area (Å²) in [5, 5.41) is 0.777.